The number of aromatic nitrogens is 3. The van der Waals surface area contributed by atoms with E-state index in [9.17, 15) is 12.8 Å². The van der Waals surface area contributed by atoms with E-state index in [2.05, 4.69) is 20.4 Å². The van der Waals surface area contributed by atoms with Crippen LogP contribution in [0.25, 0.3) is 34.0 Å². The molecule has 1 aliphatic heterocycles. The molecule has 3 N–H and O–H groups in total. The molecule has 0 amide bonds. The fourth-order valence-corrected chi connectivity index (χ4v) is 5.93. The summed E-state index contributed by atoms with van der Waals surface area (Å²) < 4.78 is 49.1. The fraction of sp³-hybridized carbons (Fsp3) is 0.269. The summed E-state index contributed by atoms with van der Waals surface area (Å²) in [6, 6.07) is 15.8. The third-order valence-corrected chi connectivity index (χ3v) is 8.58. The average Bonchev–Trinajstić information content (AvgIpc) is 3.43. The number of anilines is 1. The number of ether oxygens (including phenoxy) is 1. The Morgan fingerprint density at radius 2 is 1.68 bits per heavy atom. The third-order valence-electron chi connectivity index (χ3n) is 6.30. The first kappa shape index (κ1) is 25.0. The highest BCUT2D eigenvalue weighted by atomic mass is 32.2. The van der Waals surface area contributed by atoms with E-state index < -0.39 is 21.9 Å². The monoisotopic (exact) mass is 523 g/mol. The zero-order chi connectivity index (χ0) is 25.8. The molecule has 0 unspecified atom stereocenters. The Morgan fingerprint density at radius 1 is 1.00 bits per heavy atom. The number of nitrogen functional groups attached to an aromatic ring is 1. The molecule has 0 spiro atoms. The summed E-state index contributed by atoms with van der Waals surface area (Å²) in [6.07, 6.45) is 2.52. The van der Waals surface area contributed by atoms with Crippen LogP contribution in [0.1, 0.15) is 18.4 Å². The van der Waals surface area contributed by atoms with E-state index in [1.807, 2.05) is 24.3 Å². The first-order valence-electron chi connectivity index (χ1n) is 11.8. The number of hydrogen-bond donors (Lipinski definition) is 2. The molecule has 5 rings (SSSR count). The number of rotatable bonds is 8. The van der Waals surface area contributed by atoms with Crippen molar-refractivity contribution in [3.05, 3.63) is 66.4 Å². The summed E-state index contributed by atoms with van der Waals surface area (Å²) in [5.74, 6) is 0.529. The first-order chi connectivity index (χ1) is 18.0. The van der Waals surface area contributed by atoms with E-state index in [-0.39, 0.29) is 10.7 Å². The Kier molecular flexibility index (Phi) is 7.26. The van der Waals surface area contributed by atoms with E-state index in [4.69, 9.17) is 15.0 Å². The Balaban J connectivity index is 1.37. The molecule has 1 aliphatic rings. The van der Waals surface area contributed by atoms with E-state index in [0.29, 0.717) is 61.0 Å². The second-order valence-corrected chi connectivity index (χ2v) is 10.9. The predicted molar refractivity (Wildman–Crippen MR) is 137 cm³/mol. The van der Waals surface area contributed by atoms with E-state index in [1.54, 1.807) is 30.3 Å². The lowest BCUT2D eigenvalue weighted by Gasteiger charge is -2.22. The lowest BCUT2D eigenvalue weighted by atomic mass is 10.1. The van der Waals surface area contributed by atoms with E-state index >= 15 is 0 Å². The molecule has 0 bridgehead atoms. The van der Waals surface area contributed by atoms with Gasteiger partial charge in [0.05, 0.1) is 22.0 Å². The summed E-state index contributed by atoms with van der Waals surface area (Å²) in [4.78, 5) is 9.15. The molecule has 0 atom stereocenters. The SMILES string of the molecule is Nc1ncc(-c2ccc(S(=O)(=O)C3CCOCC3)cc2)nc1-c1cc(-c2ccc(CNCF)cc2)no1. The summed E-state index contributed by atoms with van der Waals surface area (Å²) in [6.45, 7) is 0.758. The molecule has 2 aromatic carbocycles. The standard InChI is InChI=1S/C26H26FN5O4S/c27-16-29-14-17-1-3-18(4-2-17)22-13-24(36-32-22)25-26(28)30-15-23(31-25)19-5-7-20(8-6-19)37(33,34)21-9-11-35-12-10-21/h1-8,13,15,21,29H,9-12,14,16H2,(H2,28,30). The molecule has 11 heteroatoms. The molecule has 4 aromatic rings. The second kappa shape index (κ2) is 10.8. The van der Waals surface area contributed by atoms with Crippen molar-refractivity contribution in [1.82, 2.24) is 20.4 Å². The van der Waals surface area contributed by atoms with Crippen LogP contribution >= 0.6 is 0 Å². The number of halogens is 1. The van der Waals surface area contributed by atoms with Crippen LogP contribution in [0.4, 0.5) is 10.2 Å². The first-order valence-corrected chi connectivity index (χ1v) is 13.4. The molecule has 192 valence electrons. The molecule has 3 heterocycles. The minimum atomic E-state index is -3.43. The minimum absolute atomic E-state index is 0.179. The zero-order valence-electron chi connectivity index (χ0n) is 19.9. The quantitative estimate of drug-likeness (QED) is 0.329. The van der Waals surface area contributed by atoms with Crippen molar-refractivity contribution < 1.29 is 22.1 Å². The van der Waals surface area contributed by atoms with Gasteiger partial charge in [-0.05, 0) is 30.5 Å². The summed E-state index contributed by atoms with van der Waals surface area (Å²) >= 11 is 0. The highest BCUT2D eigenvalue weighted by Crippen LogP contribution is 2.31. The van der Waals surface area contributed by atoms with Crippen LogP contribution in [-0.2, 0) is 21.1 Å². The maximum Gasteiger partial charge on any atom is 0.189 e. The highest BCUT2D eigenvalue weighted by Gasteiger charge is 2.29. The summed E-state index contributed by atoms with van der Waals surface area (Å²) in [5.41, 5.74) is 9.99. The Bertz CT molecular complexity index is 1470. The van der Waals surface area contributed by atoms with Crippen molar-refractivity contribution in [3.8, 4) is 34.0 Å². The van der Waals surface area contributed by atoms with Crippen LogP contribution in [0.3, 0.4) is 0 Å². The van der Waals surface area contributed by atoms with Crippen LogP contribution in [0.5, 0.6) is 0 Å². The fourth-order valence-electron chi connectivity index (χ4n) is 4.22. The number of alkyl halides is 1. The molecule has 9 nitrogen and oxygen atoms in total. The molecule has 0 saturated carbocycles. The largest absolute Gasteiger partial charge is 0.382 e. The van der Waals surface area contributed by atoms with Gasteiger partial charge >= 0.3 is 0 Å². The molecule has 1 saturated heterocycles. The van der Waals surface area contributed by atoms with Gasteiger partial charge in [-0.25, -0.2) is 22.8 Å². The van der Waals surface area contributed by atoms with Gasteiger partial charge in [-0.3, -0.25) is 5.32 Å². The Hall–Kier alpha value is -3.67. The second-order valence-electron chi connectivity index (χ2n) is 8.70. The van der Waals surface area contributed by atoms with Gasteiger partial charge in [0.1, 0.15) is 12.5 Å². The van der Waals surface area contributed by atoms with Gasteiger partial charge in [0.15, 0.2) is 27.1 Å². The van der Waals surface area contributed by atoms with Gasteiger partial charge in [-0.2, -0.15) is 0 Å². The van der Waals surface area contributed by atoms with Crippen molar-refractivity contribution in [1.29, 1.82) is 0 Å². The maximum absolute atomic E-state index is 13.0. The third kappa shape index (κ3) is 5.38. The van der Waals surface area contributed by atoms with Gasteiger partial charge in [-0.1, -0.05) is 41.6 Å². The Morgan fingerprint density at radius 3 is 2.38 bits per heavy atom. The van der Waals surface area contributed by atoms with Crippen molar-refractivity contribution >= 4 is 15.7 Å². The Labute approximate surface area is 213 Å². The number of nitrogens with zero attached hydrogens (tertiary/aromatic N) is 3. The highest BCUT2D eigenvalue weighted by molar-refractivity contribution is 7.92. The lowest BCUT2D eigenvalue weighted by molar-refractivity contribution is 0.0983. The molecular formula is C26H26FN5O4S. The summed E-state index contributed by atoms with van der Waals surface area (Å²) in [7, 11) is -3.43. The lowest BCUT2D eigenvalue weighted by Crippen LogP contribution is -2.28. The molecule has 0 radical (unpaired) electrons. The van der Waals surface area contributed by atoms with Crippen LogP contribution in [0, 0.1) is 0 Å². The number of nitrogens with two attached hydrogens (primary N) is 1. The molecular weight excluding hydrogens is 497 g/mol. The smallest absolute Gasteiger partial charge is 0.189 e. The minimum Gasteiger partial charge on any atom is -0.382 e. The number of sulfone groups is 1. The molecule has 0 aliphatic carbocycles. The van der Waals surface area contributed by atoms with Crippen molar-refractivity contribution in [2.45, 2.75) is 29.5 Å². The van der Waals surface area contributed by atoms with Gasteiger partial charge in [0.25, 0.3) is 0 Å². The topological polar surface area (TPSA) is 133 Å². The van der Waals surface area contributed by atoms with Gasteiger partial charge in [0, 0.05) is 37.0 Å². The zero-order valence-corrected chi connectivity index (χ0v) is 20.7. The van der Waals surface area contributed by atoms with Crippen LogP contribution < -0.4 is 11.1 Å². The normalized spacial score (nSPS) is 14.6. The van der Waals surface area contributed by atoms with Crippen LogP contribution in [0.15, 0.2) is 70.2 Å². The van der Waals surface area contributed by atoms with Gasteiger partial charge in [0.2, 0.25) is 0 Å². The average molecular weight is 524 g/mol. The van der Waals surface area contributed by atoms with Crippen molar-refractivity contribution in [3.63, 3.8) is 0 Å². The van der Waals surface area contributed by atoms with Crippen molar-refractivity contribution in [2.75, 3.05) is 25.7 Å². The predicted octanol–water partition coefficient (Wildman–Crippen LogP) is 4.02. The maximum atomic E-state index is 13.0. The molecule has 37 heavy (non-hydrogen) atoms. The van der Waals surface area contributed by atoms with E-state index in [1.165, 1.54) is 6.20 Å². The number of nitrogens with one attached hydrogen (secondary N) is 1. The number of hydrogen-bond acceptors (Lipinski definition) is 9. The molecule has 1 fully saturated rings. The van der Waals surface area contributed by atoms with Crippen molar-refractivity contribution in [2.24, 2.45) is 0 Å². The van der Waals surface area contributed by atoms with Crippen LogP contribution in [-0.4, -0.2) is 48.8 Å². The molecule has 2 aromatic heterocycles. The summed E-state index contributed by atoms with van der Waals surface area (Å²) in [5, 5.41) is 6.34. The van der Waals surface area contributed by atoms with Gasteiger partial charge in [-0.15, -0.1) is 0 Å². The number of benzene rings is 2. The van der Waals surface area contributed by atoms with Gasteiger partial charge < -0.3 is 15.0 Å². The van der Waals surface area contributed by atoms with Crippen LogP contribution in [0.2, 0.25) is 0 Å². The van der Waals surface area contributed by atoms with E-state index in [0.717, 1.165) is 11.1 Å².